The molecule has 2 aliphatic rings. The summed E-state index contributed by atoms with van der Waals surface area (Å²) in [5.74, 6) is -2.27. The van der Waals surface area contributed by atoms with Crippen molar-refractivity contribution in [2.24, 2.45) is 15.7 Å². The highest BCUT2D eigenvalue weighted by atomic mass is 32.2. The van der Waals surface area contributed by atoms with Crippen LogP contribution in [-0.4, -0.2) is 25.8 Å². The van der Waals surface area contributed by atoms with Crippen LogP contribution in [-0.2, 0) is 20.2 Å². The van der Waals surface area contributed by atoms with Crippen LogP contribution in [0, 0.1) is 11.3 Å². The maximum Gasteiger partial charge on any atom is 0.286 e. The molecule has 1 aliphatic heterocycles. The molecule has 0 amide bonds. The molecule has 4 rings (SSSR count). The molecule has 2 atom stereocenters. The third-order valence-corrected chi connectivity index (χ3v) is 7.60. The van der Waals surface area contributed by atoms with Crippen LogP contribution in [0.15, 0.2) is 51.8 Å². The molecule has 2 aromatic rings. The first-order valence-electron chi connectivity index (χ1n) is 10.5. The number of carbonyl (C=O) groups excluding carboxylic acids is 2. The summed E-state index contributed by atoms with van der Waals surface area (Å²) in [4.78, 5) is 27.2. The molecule has 0 spiro atoms. The Morgan fingerprint density at radius 3 is 2.50 bits per heavy atom. The second-order valence-corrected chi connectivity index (χ2v) is 11.5. The van der Waals surface area contributed by atoms with E-state index in [2.05, 4.69) is 30.5 Å². The molecule has 0 saturated heterocycles. The lowest BCUT2D eigenvalue weighted by atomic mass is 9.62. The number of nitrogens with one attached hydrogen (secondary N) is 1. The normalized spacial score (nSPS) is 24.2. The van der Waals surface area contributed by atoms with E-state index in [1.807, 2.05) is 19.1 Å². The molecular formula is C24H27N3O4S. The number of nitrogens with zero attached hydrogens (tertiary/aromatic N) is 1. The fraction of sp³-hybridized carbons (Fsp3) is 0.375. The van der Waals surface area contributed by atoms with Gasteiger partial charge in [0.15, 0.2) is 11.6 Å². The number of hydrogen-bond donors (Lipinski definition) is 2. The Morgan fingerprint density at radius 1 is 1.12 bits per heavy atom. The lowest BCUT2D eigenvalue weighted by molar-refractivity contribution is -0.125. The van der Waals surface area contributed by atoms with Crippen LogP contribution in [0.5, 0.6) is 0 Å². The van der Waals surface area contributed by atoms with Gasteiger partial charge >= 0.3 is 0 Å². The van der Waals surface area contributed by atoms with Crippen molar-refractivity contribution in [2.75, 3.05) is 11.1 Å². The van der Waals surface area contributed by atoms with Gasteiger partial charge in [-0.3, -0.25) is 9.59 Å². The summed E-state index contributed by atoms with van der Waals surface area (Å²) in [7, 11) is -4.12. The Bertz CT molecular complexity index is 1270. The Morgan fingerprint density at radius 2 is 1.81 bits per heavy atom. The molecule has 0 radical (unpaired) electrons. The second kappa shape index (κ2) is 7.27. The first-order chi connectivity index (χ1) is 14.8. The molecule has 168 valence electrons. The predicted octanol–water partition coefficient (Wildman–Crippen LogP) is 3.95. The summed E-state index contributed by atoms with van der Waals surface area (Å²) in [6.45, 7) is 8.13. The van der Waals surface area contributed by atoms with Crippen LogP contribution in [0.1, 0.15) is 56.5 Å². The minimum Gasteiger partial charge on any atom is -0.399 e. The van der Waals surface area contributed by atoms with E-state index < -0.39 is 27.1 Å². The van der Waals surface area contributed by atoms with E-state index in [-0.39, 0.29) is 33.3 Å². The minimum absolute atomic E-state index is 0.0159. The monoisotopic (exact) mass is 453 g/mol. The number of nitrogen functional groups attached to an aromatic ring is 1. The van der Waals surface area contributed by atoms with Gasteiger partial charge in [0, 0.05) is 11.3 Å². The average Bonchev–Trinajstić information content (AvgIpc) is 2.71. The van der Waals surface area contributed by atoms with E-state index in [9.17, 15) is 18.0 Å². The molecule has 32 heavy (non-hydrogen) atoms. The van der Waals surface area contributed by atoms with Gasteiger partial charge in [0.1, 0.15) is 16.6 Å². The highest BCUT2D eigenvalue weighted by Crippen LogP contribution is 2.43. The molecule has 0 saturated carbocycles. The van der Waals surface area contributed by atoms with Gasteiger partial charge in [0.05, 0.1) is 11.1 Å². The van der Waals surface area contributed by atoms with Crippen molar-refractivity contribution >= 4 is 38.8 Å². The SMILES string of the molecule is CC(C)(C)CC[C@]1(C)C(=O)C(C2=NS(=O)(=O)c3cc(N)ccc3N2)C(=O)c2ccccc21. The number of Topliss-reactive ketones (excluding diaryl/α,β-unsaturated/α-hetero) is 2. The quantitative estimate of drug-likeness (QED) is 0.537. The van der Waals surface area contributed by atoms with Crippen molar-refractivity contribution in [3.8, 4) is 0 Å². The number of carbonyl (C=O) groups is 2. The highest BCUT2D eigenvalue weighted by molar-refractivity contribution is 7.90. The van der Waals surface area contributed by atoms with Crippen LogP contribution in [0.25, 0.3) is 0 Å². The van der Waals surface area contributed by atoms with Crippen LogP contribution >= 0.6 is 0 Å². The van der Waals surface area contributed by atoms with Crippen LogP contribution in [0.4, 0.5) is 11.4 Å². The molecule has 0 bridgehead atoms. The van der Waals surface area contributed by atoms with Crippen LogP contribution in [0.3, 0.4) is 0 Å². The molecule has 2 aromatic carbocycles. The van der Waals surface area contributed by atoms with Gasteiger partial charge in [-0.15, -0.1) is 4.40 Å². The molecule has 1 aliphatic carbocycles. The Kier molecular flexibility index (Phi) is 5.04. The molecule has 0 fully saturated rings. The number of hydrogen-bond acceptors (Lipinski definition) is 6. The van der Waals surface area contributed by atoms with Crippen molar-refractivity contribution in [3.05, 3.63) is 53.6 Å². The molecule has 8 heteroatoms. The molecule has 7 nitrogen and oxygen atoms in total. The second-order valence-electron chi connectivity index (χ2n) is 9.93. The number of ketones is 2. The smallest absolute Gasteiger partial charge is 0.286 e. The number of anilines is 2. The van der Waals surface area contributed by atoms with Crippen LogP contribution in [0.2, 0.25) is 0 Å². The van der Waals surface area contributed by atoms with Gasteiger partial charge in [-0.1, -0.05) is 45.0 Å². The summed E-state index contributed by atoms with van der Waals surface area (Å²) in [6, 6.07) is 11.5. The zero-order chi connectivity index (χ0) is 23.5. The van der Waals surface area contributed by atoms with E-state index >= 15 is 0 Å². The zero-order valence-electron chi connectivity index (χ0n) is 18.6. The van der Waals surface area contributed by atoms with E-state index in [1.54, 1.807) is 18.2 Å². The van der Waals surface area contributed by atoms with Crippen molar-refractivity contribution in [2.45, 2.75) is 50.8 Å². The Hall–Kier alpha value is -3.00. The third-order valence-electron chi connectivity index (χ3n) is 6.27. The molecular weight excluding hydrogens is 426 g/mol. The molecule has 3 N–H and O–H groups in total. The predicted molar refractivity (Wildman–Crippen MR) is 124 cm³/mol. The highest BCUT2D eigenvalue weighted by Gasteiger charge is 2.51. The number of amidine groups is 1. The summed E-state index contributed by atoms with van der Waals surface area (Å²) in [5, 5.41) is 2.92. The van der Waals surface area contributed by atoms with E-state index in [0.29, 0.717) is 17.5 Å². The largest absolute Gasteiger partial charge is 0.399 e. The maximum atomic E-state index is 13.9. The summed E-state index contributed by atoms with van der Waals surface area (Å²) in [6.07, 6.45) is 1.29. The van der Waals surface area contributed by atoms with Gasteiger partial charge in [-0.25, -0.2) is 0 Å². The third kappa shape index (κ3) is 3.62. The number of fused-ring (bicyclic) bond motifs is 2. The molecule has 1 heterocycles. The van der Waals surface area contributed by atoms with Crippen molar-refractivity contribution in [1.82, 2.24) is 0 Å². The molecule has 1 unspecified atom stereocenters. The van der Waals surface area contributed by atoms with Crippen molar-refractivity contribution in [1.29, 1.82) is 0 Å². The van der Waals surface area contributed by atoms with Gasteiger partial charge < -0.3 is 11.1 Å². The van der Waals surface area contributed by atoms with Gasteiger partial charge in [0.2, 0.25) is 0 Å². The molecule has 0 aromatic heterocycles. The van der Waals surface area contributed by atoms with E-state index in [4.69, 9.17) is 5.73 Å². The van der Waals surface area contributed by atoms with Crippen molar-refractivity contribution in [3.63, 3.8) is 0 Å². The Labute approximate surface area is 188 Å². The lowest BCUT2D eigenvalue weighted by Gasteiger charge is -2.39. The van der Waals surface area contributed by atoms with E-state index in [0.717, 1.165) is 6.42 Å². The standard InChI is InChI=1S/C24H27N3O4S/c1-23(2,3)11-12-24(4)16-8-6-5-7-15(16)20(28)19(21(24)29)22-26-17-10-9-14(25)13-18(17)32(30,31)27-22/h5-10,13,19H,11-12,25H2,1-4H3,(H,26,27)/t19?,24-/m0/s1. The number of rotatable bonds is 3. The van der Waals surface area contributed by atoms with E-state index in [1.165, 1.54) is 12.1 Å². The maximum absolute atomic E-state index is 13.9. The first kappa shape index (κ1) is 22.2. The number of benzene rings is 2. The van der Waals surface area contributed by atoms with Crippen molar-refractivity contribution < 1.29 is 18.0 Å². The van der Waals surface area contributed by atoms with Crippen LogP contribution < -0.4 is 11.1 Å². The summed E-state index contributed by atoms with van der Waals surface area (Å²) in [5.41, 5.74) is 6.41. The lowest BCUT2D eigenvalue weighted by Crippen LogP contribution is -2.51. The fourth-order valence-corrected chi connectivity index (χ4v) is 5.55. The van der Waals surface area contributed by atoms with Gasteiger partial charge in [0.25, 0.3) is 10.0 Å². The first-order valence-corrected chi connectivity index (χ1v) is 12.0. The van der Waals surface area contributed by atoms with Gasteiger partial charge in [-0.2, -0.15) is 8.42 Å². The number of nitrogens with two attached hydrogens (primary N) is 1. The topological polar surface area (TPSA) is 119 Å². The zero-order valence-corrected chi connectivity index (χ0v) is 19.4. The Balaban J connectivity index is 1.84. The fourth-order valence-electron chi connectivity index (χ4n) is 4.36. The summed E-state index contributed by atoms with van der Waals surface area (Å²) >= 11 is 0. The summed E-state index contributed by atoms with van der Waals surface area (Å²) < 4.78 is 29.5. The average molecular weight is 454 g/mol. The van der Waals surface area contributed by atoms with Gasteiger partial charge in [-0.05, 0) is 48.9 Å². The minimum atomic E-state index is -4.12. The number of sulfonamides is 1.